The van der Waals surface area contributed by atoms with Crippen molar-refractivity contribution in [1.82, 2.24) is 9.88 Å². The summed E-state index contributed by atoms with van der Waals surface area (Å²) in [6.07, 6.45) is -0.907. The Labute approximate surface area is 194 Å². The largest absolute Gasteiger partial charge is 0.573 e. The first-order valence-electron chi connectivity index (χ1n) is 10.2. The van der Waals surface area contributed by atoms with Crippen LogP contribution in [0.15, 0.2) is 58.8 Å². The molecule has 7 nitrogen and oxygen atoms in total. The standard InChI is InChI=1S/C23H24F4N4O3/c1-5-12-29-21(28-4)20-17(8-7-9-18(20)24)22(32)31(6-2)15(3)14-33-19-11-10-16(13-30-19)34-23(25,26)27/h5,7-13,15H,4,6,14H2,1-3H3/b12-5-,29-21-/t15-/m0/s1. The number of pyridine rings is 1. The van der Waals surface area contributed by atoms with Crippen LogP contribution in [0.5, 0.6) is 11.6 Å². The summed E-state index contributed by atoms with van der Waals surface area (Å²) >= 11 is 0. The van der Waals surface area contributed by atoms with Crippen molar-refractivity contribution in [3.8, 4) is 11.6 Å². The van der Waals surface area contributed by atoms with E-state index < -0.39 is 29.9 Å². The monoisotopic (exact) mass is 480 g/mol. The van der Waals surface area contributed by atoms with Crippen molar-refractivity contribution in [3.63, 3.8) is 0 Å². The fraction of sp³-hybridized carbons (Fsp3) is 0.304. The van der Waals surface area contributed by atoms with E-state index in [1.54, 1.807) is 26.8 Å². The van der Waals surface area contributed by atoms with Gasteiger partial charge in [-0.1, -0.05) is 12.1 Å². The highest BCUT2D eigenvalue weighted by Crippen LogP contribution is 2.23. The predicted octanol–water partition coefficient (Wildman–Crippen LogP) is 5.03. The number of alkyl halides is 3. The van der Waals surface area contributed by atoms with E-state index in [0.29, 0.717) is 0 Å². The molecular formula is C23H24F4N4O3. The molecule has 0 fully saturated rings. The van der Waals surface area contributed by atoms with E-state index in [2.05, 4.69) is 26.4 Å². The molecule has 0 saturated heterocycles. The number of aromatic nitrogens is 1. The second-order valence-corrected chi connectivity index (χ2v) is 6.89. The third-order valence-electron chi connectivity index (χ3n) is 4.51. The first kappa shape index (κ1) is 26.5. The number of hydrogen-bond acceptors (Lipinski definition) is 5. The summed E-state index contributed by atoms with van der Waals surface area (Å²) < 4.78 is 60.7. The molecule has 0 radical (unpaired) electrons. The van der Waals surface area contributed by atoms with E-state index in [4.69, 9.17) is 4.74 Å². The zero-order chi connectivity index (χ0) is 25.3. The summed E-state index contributed by atoms with van der Waals surface area (Å²) in [7, 11) is 0. The Balaban J connectivity index is 2.20. The maximum absolute atomic E-state index is 14.7. The minimum atomic E-state index is -4.82. The fourth-order valence-electron chi connectivity index (χ4n) is 3.01. The van der Waals surface area contributed by atoms with Crippen molar-refractivity contribution in [3.05, 3.63) is 65.7 Å². The number of likely N-dealkylation sites (N-methyl/N-ethyl adjacent to an activating group) is 1. The SMILES string of the molecule is C=N/C(=N\C=C/C)c1c(F)cccc1C(=O)N(CC)[C@@H](C)COc1ccc(OC(F)(F)F)cn1. The number of carbonyl (C=O) groups is 1. The number of amidine groups is 1. The Bertz CT molecular complexity index is 1050. The molecule has 11 heteroatoms. The van der Waals surface area contributed by atoms with Gasteiger partial charge in [0, 0.05) is 18.8 Å². The highest BCUT2D eigenvalue weighted by atomic mass is 19.4. The van der Waals surface area contributed by atoms with Gasteiger partial charge in [0.1, 0.15) is 18.2 Å². The number of amides is 1. The molecule has 0 saturated carbocycles. The minimum Gasteiger partial charge on any atom is -0.475 e. The molecule has 34 heavy (non-hydrogen) atoms. The van der Waals surface area contributed by atoms with Crippen molar-refractivity contribution in [2.75, 3.05) is 13.2 Å². The first-order valence-corrected chi connectivity index (χ1v) is 10.2. The molecule has 0 bridgehead atoms. The molecule has 0 N–H and O–H groups in total. The van der Waals surface area contributed by atoms with Crippen LogP contribution >= 0.6 is 0 Å². The molecule has 0 unspecified atom stereocenters. The number of nitrogens with zero attached hydrogens (tertiary/aromatic N) is 4. The summed E-state index contributed by atoms with van der Waals surface area (Å²) in [5.41, 5.74) is -0.0229. The van der Waals surface area contributed by atoms with Gasteiger partial charge in [0.25, 0.3) is 5.91 Å². The number of rotatable bonds is 9. The Morgan fingerprint density at radius 2 is 2.03 bits per heavy atom. The molecule has 1 amide bonds. The van der Waals surface area contributed by atoms with Gasteiger partial charge in [-0.2, -0.15) is 0 Å². The van der Waals surface area contributed by atoms with Gasteiger partial charge in [-0.25, -0.2) is 19.4 Å². The molecule has 0 aliphatic heterocycles. The predicted molar refractivity (Wildman–Crippen MR) is 120 cm³/mol. The van der Waals surface area contributed by atoms with Crippen LogP contribution in [0.4, 0.5) is 17.6 Å². The van der Waals surface area contributed by atoms with E-state index in [-0.39, 0.29) is 36.0 Å². The molecule has 1 atom stereocenters. The quantitative estimate of drug-likeness (QED) is 0.287. The van der Waals surface area contributed by atoms with Crippen LogP contribution in [0, 0.1) is 5.82 Å². The lowest BCUT2D eigenvalue weighted by molar-refractivity contribution is -0.274. The van der Waals surface area contributed by atoms with E-state index >= 15 is 0 Å². The Hall–Kier alpha value is -3.76. The Morgan fingerprint density at radius 3 is 2.59 bits per heavy atom. The van der Waals surface area contributed by atoms with Crippen LogP contribution in [-0.4, -0.2) is 53.9 Å². The lowest BCUT2D eigenvalue weighted by atomic mass is 10.0. The van der Waals surface area contributed by atoms with Gasteiger partial charge in [0.15, 0.2) is 5.84 Å². The average molecular weight is 480 g/mol. The molecule has 0 aliphatic carbocycles. The molecule has 0 aliphatic rings. The van der Waals surface area contributed by atoms with Gasteiger partial charge in [-0.15, -0.1) is 13.2 Å². The third-order valence-corrected chi connectivity index (χ3v) is 4.51. The summed E-state index contributed by atoms with van der Waals surface area (Å²) in [4.78, 5) is 26.3. The molecular weight excluding hydrogens is 456 g/mol. The van der Waals surface area contributed by atoms with Gasteiger partial charge in [-0.05, 0) is 45.7 Å². The van der Waals surface area contributed by atoms with Crippen molar-refractivity contribution in [2.24, 2.45) is 9.98 Å². The highest BCUT2D eigenvalue weighted by molar-refractivity contribution is 6.11. The summed E-state index contributed by atoms with van der Waals surface area (Å²) in [5.74, 6) is -1.63. The first-order chi connectivity index (χ1) is 16.1. The second kappa shape index (κ2) is 11.9. The highest BCUT2D eigenvalue weighted by Gasteiger charge is 2.31. The lowest BCUT2D eigenvalue weighted by Gasteiger charge is -2.28. The van der Waals surface area contributed by atoms with Gasteiger partial charge >= 0.3 is 6.36 Å². The van der Waals surface area contributed by atoms with Gasteiger partial charge in [0.05, 0.1) is 23.4 Å². The van der Waals surface area contributed by atoms with E-state index in [0.717, 1.165) is 12.3 Å². The van der Waals surface area contributed by atoms with Crippen LogP contribution in [0.2, 0.25) is 0 Å². The number of aliphatic imine (C=N–C) groups is 2. The van der Waals surface area contributed by atoms with Gasteiger partial charge in [0.2, 0.25) is 5.88 Å². The van der Waals surface area contributed by atoms with Crippen molar-refractivity contribution < 1.29 is 31.8 Å². The van der Waals surface area contributed by atoms with Crippen LogP contribution < -0.4 is 9.47 Å². The minimum absolute atomic E-state index is 0.0179. The van der Waals surface area contributed by atoms with Crippen LogP contribution in [-0.2, 0) is 0 Å². The second-order valence-electron chi connectivity index (χ2n) is 6.89. The van der Waals surface area contributed by atoms with Crippen LogP contribution in [0.1, 0.15) is 36.7 Å². The smallest absolute Gasteiger partial charge is 0.475 e. The topological polar surface area (TPSA) is 76.4 Å². The summed E-state index contributed by atoms with van der Waals surface area (Å²) in [5, 5.41) is 0. The van der Waals surface area contributed by atoms with E-state index in [1.807, 2.05) is 0 Å². The zero-order valence-corrected chi connectivity index (χ0v) is 18.8. The molecule has 0 spiro atoms. The van der Waals surface area contributed by atoms with Crippen molar-refractivity contribution >= 4 is 18.5 Å². The van der Waals surface area contributed by atoms with Crippen LogP contribution in [0.25, 0.3) is 0 Å². The maximum Gasteiger partial charge on any atom is 0.573 e. The third kappa shape index (κ3) is 7.12. The fourth-order valence-corrected chi connectivity index (χ4v) is 3.01. The Morgan fingerprint density at radius 1 is 1.29 bits per heavy atom. The summed E-state index contributed by atoms with van der Waals surface area (Å²) in [6.45, 7) is 8.85. The molecule has 1 heterocycles. The Kier molecular flexibility index (Phi) is 9.28. The van der Waals surface area contributed by atoms with Crippen LogP contribution in [0.3, 0.4) is 0 Å². The number of carbonyl (C=O) groups excluding carboxylic acids is 1. The molecule has 2 rings (SSSR count). The molecule has 2 aromatic rings. The number of allylic oxidation sites excluding steroid dienone is 1. The molecule has 182 valence electrons. The summed E-state index contributed by atoms with van der Waals surface area (Å²) in [6, 6.07) is 5.87. The van der Waals surface area contributed by atoms with Crippen molar-refractivity contribution in [2.45, 2.75) is 33.2 Å². The lowest BCUT2D eigenvalue weighted by Crippen LogP contribution is -2.42. The zero-order valence-electron chi connectivity index (χ0n) is 18.8. The number of benzene rings is 1. The average Bonchev–Trinajstić information content (AvgIpc) is 2.79. The maximum atomic E-state index is 14.7. The normalized spacial score (nSPS) is 13.0. The van der Waals surface area contributed by atoms with Gasteiger partial charge in [-0.3, -0.25) is 4.79 Å². The number of ether oxygens (including phenoxy) is 2. The molecule has 1 aromatic heterocycles. The number of halogens is 4. The number of hydrogen-bond donors (Lipinski definition) is 0. The molecule has 1 aromatic carbocycles. The van der Waals surface area contributed by atoms with E-state index in [9.17, 15) is 22.4 Å². The van der Waals surface area contributed by atoms with E-state index in [1.165, 1.54) is 35.4 Å². The van der Waals surface area contributed by atoms with Gasteiger partial charge < -0.3 is 14.4 Å². The van der Waals surface area contributed by atoms with Crippen molar-refractivity contribution in [1.29, 1.82) is 0 Å².